The number of para-hydroxylation sites is 1. The first-order valence-corrected chi connectivity index (χ1v) is 20.4. The third-order valence-electron chi connectivity index (χ3n) is 14.7. The molecule has 5 aliphatic carbocycles. The molecule has 4 saturated carbocycles. The average molecular weight is 705 g/mol. The Morgan fingerprint density at radius 2 is 0.873 bits per heavy atom. The molecule has 262 valence electrons. The van der Waals surface area contributed by atoms with Crippen LogP contribution in [0.5, 0.6) is 0 Å². The summed E-state index contributed by atoms with van der Waals surface area (Å²) in [5, 5.41) is 7.59. The Hall–Kier alpha value is -5.92. The fourth-order valence-electron chi connectivity index (χ4n) is 12.8. The van der Waals surface area contributed by atoms with E-state index in [1.807, 2.05) is 12.1 Å². The fourth-order valence-corrected chi connectivity index (χ4v) is 12.8. The van der Waals surface area contributed by atoms with Gasteiger partial charge in [-0.15, -0.1) is 0 Å². The summed E-state index contributed by atoms with van der Waals surface area (Å²) in [6, 6.07) is 59.4. The third kappa shape index (κ3) is 4.09. The van der Waals surface area contributed by atoms with E-state index in [1.54, 1.807) is 11.1 Å². The van der Waals surface area contributed by atoms with E-state index in [2.05, 4.69) is 146 Å². The summed E-state index contributed by atoms with van der Waals surface area (Å²) >= 11 is 0. The Labute approximate surface area is 321 Å². The molecule has 0 radical (unpaired) electrons. The van der Waals surface area contributed by atoms with E-state index in [0.717, 1.165) is 40.2 Å². The number of rotatable bonds is 3. The molecule has 1 heterocycles. The van der Waals surface area contributed by atoms with Gasteiger partial charge in [0.15, 0.2) is 0 Å². The molecule has 1 aromatic heterocycles. The molecule has 9 aromatic rings. The smallest absolute Gasteiger partial charge is 0.136 e. The molecular weight excluding hydrogens is 665 g/mol. The number of fused-ring (bicyclic) bond motifs is 8. The van der Waals surface area contributed by atoms with Gasteiger partial charge in [-0.3, -0.25) is 0 Å². The van der Waals surface area contributed by atoms with Gasteiger partial charge < -0.3 is 4.42 Å². The van der Waals surface area contributed by atoms with Crippen LogP contribution in [0.2, 0.25) is 0 Å². The summed E-state index contributed by atoms with van der Waals surface area (Å²) < 4.78 is 6.25. The fraction of sp³-hybridized carbons (Fsp3) is 0.185. The second kappa shape index (κ2) is 11.1. The van der Waals surface area contributed by atoms with Crippen molar-refractivity contribution in [3.8, 4) is 44.5 Å². The molecule has 0 atom stereocenters. The van der Waals surface area contributed by atoms with E-state index in [0.29, 0.717) is 0 Å². The largest absolute Gasteiger partial charge is 0.456 e. The standard InChI is InChI=1S/C54H40O/c1-3-13-46-44(11-1)52(35-19-17-34(18-20-35)36-21-24-43-42-10-6-8-16-50(42)55-51(43)31-36)45-12-2-4-14-47(45)53(46)37-22-23-41-40-9-5-7-15-48(40)54(49(41)30-37)38-26-32-25-33(28-38)29-39(54)27-32/h1-24,30-33,38-39H,25-29H2. The van der Waals surface area contributed by atoms with Crippen LogP contribution in [-0.2, 0) is 5.41 Å². The van der Waals surface area contributed by atoms with E-state index < -0.39 is 0 Å². The summed E-state index contributed by atoms with van der Waals surface area (Å²) in [7, 11) is 0. The number of hydrogen-bond donors (Lipinski definition) is 0. The minimum Gasteiger partial charge on any atom is -0.456 e. The van der Waals surface area contributed by atoms with Crippen molar-refractivity contribution in [3.05, 3.63) is 169 Å². The van der Waals surface area contributed by atoms with Crippen LogP contribution in [0.3, 0.4) is 0 Å². The lowest BCUT2D eigenvalue weighted by Gasteiger charge is -2.61. The quantitative estimate of drug-likeness (QED) is 0.167. The first-order chi connectivity index (χ1) is 27.2. The Morgan fingerprint density at radius 1 is 0.364 bits per heavy atom. The first kappa shape index (κ1) is 30.4. The Bertz CT molecular complexity index is 2960. The Kier molecular flexibility index (Phi) is 6.13. The van der Waals surface area contributed by atoms with Crippen LogP contribution in [0.15, 0.2) is 162 Å². The maximum atomic E-state index is 6.25. The van der Waals surface area contributed by atoms with Crippen molar-refractivity contribution < 1.29 is 4.42 Å². The van der Waals surface area contributed by atoms with Crippen LogP contribution in [0.25, 0.3) is 88.0 Å². The van der Waals surface area contributed by atoms with Crippen molar-refractivity contribution in [1.82, 2.24) is 0 Å². The molecule has 0 unspecified atom stereocenters. The van der Waals surface area contributed by atoms with E-state index >= 15 is 0 Å². The third-order valence-corrected chi connectivity index (χ3v) is 14.7. The van der Waals surface area contributed by atoms with Gasteiger partial charge in [0.25, 0.3) is 0 Å². The Balaban J connectivity index is 0.975. The molecule has 0 amide bonds. The summed E-state index contributed by atoms with van der Waals surface area (Å²) in [5.41, 5.74) is 15.9. The van der Waals surface area contributed by atoms with Gasteiger partial charge in [-0.1, -0.05) is 133 Å². The number of furan rings is 1. The SMILES string of the molecule is c1ccc2c(c1)-c1ccc(-c3c4ccccc4c(-c4ccc(-c5ccc6c(c5)oc5ccccc56)cc4)c4ccccc34)cc1C21C2CC3CC(C2)CC1C3. The van der Waals surface area contributed by atoms with Gasteiger partial charge in [0.05, 0.1) is 0 Å². The predicted molar refractivity (Wildman–Crippen MR) is 228 cm³/mol. The van der Waals surface area contributed by atoms with E-state index in [-0.39, 0.29) is 5.41 Å². The molecule has 55 heavy (non-hydrogen) atoms. The maximum absolute atomic E-state index is 6.25. The topological polar surface area (TPSA) is 13.1 Å². The molecule has 4 bridgehead atoms. The molecule has 0 aliphatic heterocycles. The minimum absolute atomic E-state index is 0.150. The van der Waals surface area contributed by atoms with Gasteiger partial charge in [-0.25, -0.2) is 0 Å². The molecule has 1 spiro atoms. The van der Waals surface area contributed by atoms with Crippen LogP contribution < -0.4 is 0 Å². The van der Waals surface area contributed by atoms with Gasteiger partial charge in [-0.05, 0) is 157 Å². The van der Waals surface area contributed by atoms with Crippen molar-refractivity contribution in [3.63, 3.8) is 0 Å². The normalized spacial score (nSPS) is 23.3. The van der Waals surface area contributed by atoms with Crippen LogP contribution in [0.4, 0.5) is 0 Å². The first-order valence-electron chi connectivity index (χ1n) is 20.4. The maximum Gasteiger partial charge on any atom is 0.136 e. The summed E-state index contributed by atoms with van der Waals surface area (Å²) in [5.74, 6) is 3.37. The van der Waals surface area contributed by atoms with Gasteiger partial charge in [0, 0.05) is 16.2 Å². The molecule has 5 aliphatic rings. The molecular formula is C54H40O. The van der Waals surface area contributed by atoms with Crippen LogP contribution in [-0.4, -0.2) is 0 Å². The van der Waals surface area contributed by atoms with Gasteiger partial charge in [-0.2, -0.15) is 0 Å². The highest BCUT2D eigenvalue weighted by molar-refractivity contribution is 6.21. The van der Waals surface area contributed by atoms with E-state index in [1.165, 1.54) is 104 Å². The highest BCUT2D eigenvalue weighted by atomic mass is 16.3. The lowest BCUT2D eigenvalue weighted by molar-refractivity contribution is -0.0399. The summed E-state index contributed by atoms with van der Waals surface area (Å²) in [4.78, 5) is 0. The Morgan fingerprint density at radius 3 is 1.56 bits per heavy atom. The molecule has 4 fully saturated rings. The van der Waals surface area contributed by atoms with Gasteiger partial charge >= 0.3 is 0 Å². The van der Waals surface area contributed by atoms with Crippen molar-refractivity contribution in [1.29, 1.82) is 0 Å². The summed E-state index contributed by atoms with van der Waals surface area (Å²) in [6.07, 6.45) is 7.08. The molecule has 0 saturated heterocycles. The number of benzene rings is 8. The second-order valence-electron chi connectivity index (χ2n) is 17.2. The van der Waals surface area contributed by atoms with Crippen molar-refractivity contribution in [2.24, 2.45) is 23.7 Å². The number of hydrogen-bond acceptors (Lipinski definition) is 1. The van der Waals surface area contributed by atoms with Gasteiger partial charge in [0.2, 0.25) is 0 Å². The zero-order valence-electron chi connectivity index (χ0n) is 30.8. The van der Waals surface area contributed by atoms with Crippen LogP contribution in [0, 0.1) is 23.7 Å². The van der Waals surface area contributed by atoms with Crippen LogP contribution in [0.1, 0.15) is 43.2 Å². The van der Waals surface area contributed by atoms with Crippen molar-refractivity contribution in [2.75, 3.05) is 0 Å². The molecule has 0 N–H and O–H groups in total. The zero-order valence-corrected chi connectivity index (χ0v) is 30.8. The lowest BCUT2D eigenvalue weighted by Crippen LogP contribution is -2.55. The van der Waals surface area contributed by atoms with Crippen LogP contribution >= 0.6 is 0 Å². The lowest BCUT2D eigenvalue weighted by atomic mass is 9.43. The highest BCUT2D eigenvalue weighted by Crippen LogP contribution is 2.69. The predicted octanol–water partition coefficient (Wildman–Crippen LogP) is 14.6. The molecule has 1 nitrogen and oxygen atoms in total. The highest BCUT2D eigenvalue weighted by Gasteiger charge is 2.61. The van der Waals surface area contributed by atoms with Crippen molar-refractivity contribution in [2.45, 2.75) is 37.5 Å². The second-order valence-corrected chi connectivity index (χ2v) is 17.2. The minimum atomic E-state index is 0.150. The van der Waals surface area contributed by atoms with E-state index in [4.69, 9.17) is 4.42 Å². The molecule has 14 rings (SSSR count). The molecule has 8 aromatic carbocycles. The average Bonchev–Trinajstić information content (AvgIpc) is 3.75. The van der Waals surface area contributed by atoms with Gasteiger partial charge in [0.1, 0.15) is 11.2 Å². The monoisotopic (exact) mass is 704 g/mol. The van der Waals surface area contributed by atoms with Crippen molar-refractivity contribution >= 4 is 43.5 Å². The zero-order chi connectivity index (χ0) is 35.8. The molecule has 1 heteroatoms. The summed E-state index contributed by atoms with van der Waals surface area (Å²) in [6.45, 7) is 0. The van der Waals surface area contributed by atoms with E-state index in [9.17, 15) is 0 Å².